The van der Waals surface area contributed by atoms with Gasteiger partial charge in [-0.3, -0.25) is 19.5 Å². The second kappa shape index (κ2) is 15.1. The number of H-pyrrole nitrogens is 1. The van der Waals surface area contributed by atoms with Crippen molar-refractivity contribution in [3.8, 4) is 28.4 Å². The summed E-state index contributed by atoms with van der Waals surface area (Å²) in [5.41, 5.74) is 5.38. The van der Waals surface area contributed by atoms with Crippen molar-refractivity contribution in [3.05, 3.63) is 81.2 Å². The number of hydrogen-bond acceptors (Lipinski definition) is 11. The predicted octanol–water partition coefficient (Wildman–Crippen LogP) is 3.59. The second-order valence-electron chi connectivity index (χ2n) is 12.4. The summed E-state index contributed by atoms with van der Waals surface area (Å²) in [6, 6.07) is 11.0. The normalized spacial score (nSPS) is 15.8. The number of methoxy groups -OCH3 is 1. The van der Waals surface area contributed by atoms with Crippen molar-refractivity contribution < 1.29 is 14.3 Å². The zero-order chi connectivity index (χ0) is 35.5. The Morgan fingerprint density at radius 2 is 1.98 bits per heavy atom. The van der Waals surface area contributed by atoms with Gasteiger partial charge in [0.25, 0.3) is 5.91 Å². The van der Waals surface area contributed by atoms with Gasteiger partial charge in [-0.25, -0.2) is 9.97 Å². The van der Waals surface area contributed by atoms with Crippen LogP contribution in [0, 0.1) is 0 Å². The number of hydrogen-bond donors (Lipinski definition) is 4. The second-order valence-corrected chi connectivity index (χ2v) is 13.2. The van der Waals surface area contributed by atoms with Gasteiger partial charge < -0.3 is 25.3 Å². The number of aromatic nitrogens is 8. The number of ether oxygens (including phenoxy) is 1. The van der Waals surface area contributed by atoms with E-state index in [1.807, 2.05) is 23.7 Å². The van der Waals surface area contributed by atoms with Crippen LogP contribution >= 0.6 is 23.2 Å². The number of benzene rings is 1. The minimum Gasteiger partial charge on any atom is -0.481 e. The van der Waals surface area contributed by atoms with Crippen LogP contribution in [0.15, 0.2) is 42.6 Å². The molecule has 2 amide bonds. The van der Waals surface area contributed by atoms with Crippen LogP contribution in [-0.2, 0) is 37.8 Å². The fraction of sp³-hybridized carbons (Fsp3) is 0.353. The zero-order valence-corrected chi connectivity index (χ0v) is 29.6. The minimum atomic E-state index is -0.379. The van der Waals surface area contributed by atoms with E-state index in [1.54, 1.807) is 37.6 Å². The third-order valence-corrected chi connectivity index (χ3v) is 9.96. The average molecular weight is 732 g/mol. The van der Waals surface area contributed by atoms with Crippen molar-refractivity contribution in [1.29, 1.82) is 0 Å². The third-order valence-electron chi connectivity index (χ3n) is 9.17. The predicted molar refractivity (Wildman–Crippen MR) is 190 cm³/mol. The SMILES string of the molecule is COc1nc(-c2ccnc(-c3cccc(NC(=O)c4nc5c(n4C)CCN(CCc4nn[nH]n4)C5)c3Cl)c2Cl)ccc1CNC[C@@H]1CCC(=O)N1. The first kappa shape index (κ1) is 34.5. The molecule has 2 aliphatic rings. The highest BCUT2D eigenvalue weighted by Crippen LogP contribution is 2.40. The van der Waals surface area contributed by atoms with E-state index in [4.69, 9.17) is 37.9 Å². The van der Waals surface area contributed by atoms with E-state index < -0.39 is 0 Å². The van der Waals surface area contributed by atoms with Crippen molar-refractivity contribution in [1.82, 2.24) is 55.7 Å². The lowest BCUT2D eigenvalue weighted by molar-refractivity contribution is -0.119. The first-order chi connectivity index (χ1) is 24.8. The molecule has 4 aromatic heterocycles. The number of fused-ring (bicyclic) bond motifs is 1. The molecule has 0 unspecified atom stereocenters. The maximum Gasteiger partial charge on any atom is 0.291 e. The lowest BCUT2D eigenvalue weighted by Crippen LogP contribution is -2.35. The maximum absolute atomic E-state index is 13.6. The number of nitrogens with zero attached hydrogens (tertiary/aromatic N) is 8. The van der Waals surface area contributed by atoms with E-state index in [9.17, 15) is 9.59 Å². The summed E-state index contributed by atoms with van der Waals surface area (Å²) < 4.78 is 7.46. The lowest BCUT2D eigenvalue weighted by atomic mass is 10.1. The molecule has 15 nitrogen and oxygen atoms in total. The van der Waals surface area contributed by atoms with Gasteiger partial charge in [-0.15, -0.1) is 10.2 Å². The highest BCUT2D eigenvalue weighted by atomic mass is 35.5. The number of carbonyl (C=O) groups is 2. The molecule has 17 heteroatoms. The molecule has 1 fully saturated rings. The van der Waals surface area contributed by atoms with Crippen molar-refractivity contribution in [2.75, 3.05) is 32.1 Å². The summed E-state index contributed by atoms with van der Waals surface area (Å²) in [7, 11) is 3.42. The number of halogens is 2. The Bertz CT molecular complexity index is 2070. The molecule has 6 heterocycles. The molecule has 0 bridgehead atoms. The summed E-state index contributed by atoms with van der Waals surface area (Å²) >= 11 is 13.9. The van der Waals surface area contributed by atoms with Gasteiger partial charge in [-0.2, -0.15) is 5.21 Å². The Morgan fingerprint density at radius 3 is 2.76 bits per heavy atom. The van der Waals surface area contributed by atoms with Crippen LogP contribution in [0.4, 0.5) is 5.69 Å². The van der Waals surface area contributed by atoms with Crippen LogP contribution < -0.4 is 20.7 Å². The zero-order valence-electron chi connectivity index (χ0n) is 28.0. The van der Waals surface area contributed by atoms with Gasteiger partial charge in [-0.1, -0.05) is 46.6 Å². The standard InChI is InChI=1S/C34H36Cl2N12O3/c1-47-26-11-14-48(15-12-27-43-45-46-44-27)18-25(26)40-32(47)33(50)41-24-5-3-4-22(29(24)35)31-30(36)21(10-13-38-31)23-8-6-19(34(42-23)51-2)16-37-17-20-7-9-28(49)39-20/h3-6,8,10,13,20,37H,7,9,11-12,14-18H2,1-2H3,(H,39,49)(H,41,50)(H,43,44,45,46)/t20-/m0/s1. The molecule has 4 N–H and O–H groups in total. The van der Waals surface area contributed by atoms with Crippen LogP contribution in [0.3, 0.4) is 0 Å². The number of amides is 2. The van der Waals surface area contributed by atoms with Crippen molar-refractivity contribution >= 4 is 40.7 Å². The monoisotopic (exact) mass is 730 g/mol. The molecule has 2 aliphatic heterocycles. The van der Waals surface area contributed by atoms with E-state index in [-0.39, 0.29) is 22.9 Å². The summed E-state index contributed by atoms with van der Waals surface area (Å²) in [6.07, 6.45) is 4.45. The molecule has 51 heavy (non-hydrogen) atoms. The fourth-order valence-corrected chi connectivity index (χ4v) is 7.06. The summed E-state index contributed by atoms with van der Waals surface area (Å²) in [6.45, 7) is 3.38. The molecule has 0 aliphatic carbocycles. The third kappa shape index (κ3) is 7.42. The molecule has 1 saturated heterocycles. The van der Waals surface area contributed by atoms with Crippen LogP contribution in [0.1, 0.15) is 46.2 Å². The number of tetrazole rings is 1. The number of nitrogens with one attached hydrogen (secondary N) is 4. The number of pyridine rings is 2. The Kier molecular flexibility index (Phi) is 10.2. The molecule has 264 valence electrons. The topological polar surface area (TPSA) is 181 Å². The number of carbonyl (C=O) groups excluding carboxylic acids is 2. The van der Waals surface area contributed by atoms with Gasteiger partial charge in [-0.05, 0) is 24.6 Å². The van der Waals surface area contributed by atoms with Gasteiger partial charge in [0.15, 0.2) is 11.6 Å². The van der Waals surface area contributed by atoms with Crippen molar-refractivity contribution in [2.24, 2.45) is 7.05 Å². The molecule has 0 spiro atoms. The smallest absolute Gasteiger partial charge is 0.291 e. The number of aromatic amines is 1. The van der Waals surface area contributed by atoms with Gasteiger partial charge >= 0.3 is 0 Å². The first-order valence-electron chi connectivity index (χ1n) is 16.6. The van der Waals surface area contributed by atoms with Crippen LogP contribution in [0.2, 0.25) is 10.0 Å². The summed E-state index contributed by atoms with van der Waals surface area (Å²) in [4.78, 5) is 41.4. The van der Waals surface area contributed by atoms with Crippen LogP contribution in [0.25, 0.3) is 22.5 Å². The average Bonchev–Trinajstić information content (AvgIpc) is 3.89. The Balaban J connectivity index is 1.06. The number of imidazole rings is 1. The van der Waals surface area contributed by atoms with Gasteiger partial charge in [0, 0.05) is 93.7 Å². The largest absolute Gasteiger partial charge is 0.481 e. The molecule has 0 saturated carbocycles. The maximum atomic E-state index is 13.6. The molecule has 1 aromatic carbocycles. The Morgan fingerprint density at radius 1 is 1.10 bits per heavy atom. The van der Waals surface area contributed by atoms with Gasteiger partial charge in [0.2, 0.25) is 11.8 Å². The van der Waals surface area contributed by atoms with E-state index in [0.29, 0.717) is 83.2 Å². The van der Waals surface area contributed by atoms with Gasteiger partial charge in [0.1, 0.15) is 0 Å². The minimum absolute atomic E-state index is 0.0851. The first-order valence-corrected chi connectivity index (χ1v) is 17.3. The number of rotatable bonds is 12. The Labute approximate surface area is 303 Å². The van der Waals surface area contributed by atoms with Crippen LogP contribution in [0.5, 0.6) is 5.88 Å². The highest BCUT2D eigenvalue weighted by Gasteiger charge is 2.27. The summed E-state index contributed by atoms with van der Waals surface area (Å²) in [5.74, 6) is 1.12. The molecule has 0 radical (unpaired) electrons. The number of anilines is 1. The summed E-state index contributed by atoms with van der Waals surface area (Å²) in [5, 5.41) is 24.1. The van der Waals surface area contributed by atoms with Crippen molar-refractivity contribution in [3.63, 3.8) is 0 Å². The highest BCUT2D eigenvalue weighted by molar-refractivity contribution is 6.39. The quantitative estimate of drug-likeness (QED) is 0.147. The molecule has 1 atom stereocenters. The lowest BCUT2D eigenvalue weighted by Gasteiger charge is -2.25. The van der Waals surface area contributed by atoms with Crippen molar-refractivity contribution in [2.45, 2.75) is 44.8 Å². The fourth-order valence-electron chi connectivity index (χ4n) is 6.48. The van der Waals surface area contributed by atoms with E-state index >= 15 is 0 Å². The Hall–Kier alpha value is -4.96. The van der Waals surface area contributed by atoms with E-state index in [0.717, 1.165) is 42.9 Å². The molecular formula is C34H36Cl2N12O3. The molecular weight excluding hydrogens is 695 g/mol. The van der Waals surface area contributed by atoms with E-state index in [2.05, 4.69) is 46.5 Å². The molecule has 5 aromatic rings. The van der Waals surface area contributed by atoms with Crippen LogP contribution in [-0.4, -0.2) is 89.6 Å². The van der Waals surface area contributed by atoms with E-state index in [1.165, 1.54) is 0 Å². The van der Waals surface area contributed by atoms with Gasteiger partial charge in [0.05, 0.1) is 39.9 Å². The molecule has 7 rings (SSSR count).